The van der Waals surface area contributed by atoms with Crippen LogP contribution in [0.4, 0.5) is 0 Å². The lowest BCUT2D eigenvalue weighted by atomic mass is 9.97. The van der Waals surface area contributed by atoms with Crippen molar-refractivity contribution in [1.82, 2.24) is 15.1 Å². The monoisotopic (exact) mass is 297 g/mol. The number of ether oxygens (including phenoxy) is 1. The molecule has 0 aromatic heterocycles. The van der Waals surface area contributed by atoms with Crippen molar-refractivity contribution in [2.75, 3.05) is 46.4 Å². The number of carbonyl (C=O) groups excluding carboxylic acids is 1. The summed E-state index contributed by atoms with van der Waals surface area (Å²) in [6.07, 6.45) is 4.42. The number of carbonyl (C=O) groups is 1. The first-order chi connectivity index (χ1) is 10.1. The van der Waals surface area contributed by atoms with E-state index in [4.69, 9.17) is 4.74 Å². The Bertz CT molecular complexity index is 338. The van der Waals surface area contributed by atoms with Gasteiger partial charge in [-0.1, -0.05) is 6.92 Å². The van der Waals surface area contributed by atoms with Crippen LogP contribution in [-0.2, 0) is 9.53 Å². The van der Waals surface area contributed by atoms with E-state index in [0.717, 1.165) is 39.1 Å². The molecule has 1 heterocycles. The van der Waals surface area contributed by atoms with Crippen LogP contribution in [0, 0.1) is 0 Å². The third-order valence-corrected chi connectivity index (χ3v) is 4.67. The molecule has 0 amide bonds. The Balaban J connectivity index is 1.77. The quantitative estimate of drug-likeness (QED) is 0.680. The van der Waals surface area contributed by atoms with Crippen LogP contribution in [-0.4, -0.2) is 73.7 Å². The lowest BCUT2D eigenvalue weighted by molar-refractivity contribution is -0.148. The number of piperazine rings is 1. The summed E-state index contributed by atoms with van der Waals surface area (Å²) in [5.74, 6) is -0.126. The van der Waals surface area contributed by atoms with Crippen molar-refractivity contribution in [3.8, 4) is 0 Å². The molecule has 0 radical (unpaired) electrons. The van der Waals surface area contributed by atoms with Crippen molar-refractivity contribution in [2.45, 2.75) is 51.1 Å². The minimum Gasteiger partial charge on any atom is -0.468 e. The molecule has 0 aromatic rings. The fourth-order valence-corrected chi connectivity index (χ4v) is 3.07. The van der Waals surface area contributed by atoms with Crippen LogP contribution in [0.3, 0.4) is 0 Å². The molecule has 1 atom stereocenters. The molecule has 1 saturated carbocycles. The predicted octanol–water partition coefficient (Wildman–Crippen LogP) is 1.09. The highest BCUT2D eigenvalue weighted by molar-refractivity contribution is 5.80. The number of esters is 1. The maximum absolute atomic E-state index is 12.1. The van der Waals surface area contributed by atoms with Crippen molar-refractivity contribution < 1.29 is 9.53 Å². The molecule has 5 heteroatoms. The van der Waals surface area contributed by atoms with Crippen LogP contribution in [0.5, 0.6) is 0 Å². The van der Waals surface area contributed by atoms with E-state index in [1.807, 2.05) is 6.92 Å². The molecular formula is C16H31N3O2. The molecule has 2 aliphatic rings. The molecule has 21 heavy (non-hydrogen) atoms. The van der Waals surface area contributed by atoms with Gasteiger partial charge in [-0.2, -0.15) is 0 Å². The van der Waals surface area contributed by atoms with Crippen LogP contribution >= 0.6 is 0 Å². The number of methoxy groups -OCH3 is 1. The van der Waals surface area contributed by atoms with E-state index < -0.39 is 5.54 Å². The summed E-state index contributed by atoms with van der Waals surface area (Å²) in [6, 6.07) is 0.510. The number of hydrogen-bond acceptors (Lipinski definition) is 5. The van der Waals surface area contributed by atoms with Crippen LogP contribution in [0.15, 0.2) is 0 Å². The zero-order chi connectivity index (χ0) is 15.3. The van der Waals surface area contributed by atoms with Crippen molar-refractivity contribution >= 4 is 5.97 Å². The molecule has 1 saturated heterocycles. The van der Waals surface area contributed by atoms with Gasteiger partial charge < -0.3 is 14.5 Å². The summed E-state index contributed by atoms with van der Waals surface area (Å²) in [5, 5.41) is 3.48. The summed E-state index contributed by atoms with van der Waals surface area (Å²) in [7, 11) is 1.48. The highest BCUT2D eigenvalue weighted by atomic mass is 16.5. The zero-order valence-electron chi connectivity index (χ0n) is 13.9. The zero-order valence-corrected chi connectivity index (χ0v) is 13.9. The molecule has 1 aliphatic carbocycles. The first kappa shape index (κ1) is 16.7. The predicted molar refractivity (Wildman–Crippen MR) is 84.4 cm³/mol. The molecule has 5 nitrogen and oxygen atoms in total. The van der Waals surface area contributed by atoms with Crippen molar-refractivity contribution in [2.24, 2.45) is 0 Å². The average molecular weight is 297 g/mol. The van der Waals surface area contributed by atoms with Crippen LogP contribution in [0.25, 0.3) is 0 Å². The number of nitrogens with zero attached hydrogens (tertiary/aromatic N) is 2. The van der Waals surface area contributed by atoms with Gasteiger partial charge >= 0.3 is 5.97 Å². The molecule has 122 valence electrons. The minimum absolute atomic E-state index is 0.126. The van der Waals surface area contributed by atoms with Gasteiger partial charge in [0.15, 0.2) is 0 Å². The fourth-order valence-electron chi connectivity index (χ4n) is 3.07. The topological polar surface area (TPSA) is 44.8 Å². The molecule has 0 bridgehead atoms. The summed E-state index contributed by atoms with van der Waals surface area (Å²) in [5.41, 5.74) is -0.531. The van der Waals surface area contributed by atoms with E-state index in [0.29, 0.717) is 6.04 Å². The lowest BCUT2D eigenvalue weighted by Crippen LogP contribution is -2.54. The largest absolute Gasteiger partial charge is 0.468 e. The van der Waals surface area contributed by atoms with Crippen molar-refractivity contribution in [3.63, 3.8) is 0 Å². The fraction of sp³-hybridized carbons (Fsp3) is 0.938. The second-order valence-corrected chi connectivity index (χ2v) is 6.68. The van der Waals surface area contributed by atoms with Crippen LogP contribution in [0.2, 0.25) is 0 Å². The first-order valence-electron chi connectivity index (χ1n) is 8.38. The van der Waals surface area contributed by atoms with Crippen LogP contribution in [0.1, 0.15) is 39.5 Å². The molecule has 0 aromatic carbocycles. The second kappa shape index (κ2) is 7.56. The van der Waals surface area contributed by atoms with Gasteiger partial charge in [-0.05, 0) is 39.2 Å². The highest BCUT2D eigenvalue weighted by Crippen LogP contribution is 2.25. The Kier molecular flexibility index (Phi) is 6.02. The average Bonchev–Trinajstić information content (AvgIpc) is 3.30. The maximum Gasteiger partial charge on any atom is 0.325 e. The molecule has 2 fully saturated rings. The van der Waals surface area contributed by atoms with E-state index in [-0.39, 0.29) is 5.97 Å². The van der Waals surface area contributed by atoms with Gasteiger partial charge in [0.05, 0.1) is 7.11 Å². The molecule has 1 aliphatic heterocycles. The van der Waals surface area contributed by atoms with Gasteiger partial charge in [0.1, 0.15) is 5.54 Å². The summed E-state index contributed by atoms with van der Waals surface area (Å²) in [4.78, 5) is 17.1. The molecule has 1 N–H and O–H groups in total. The first-order valence-corrected chi connectivity index (χ1v) is 8.38. The number of hydrogen-bond donors (Lipinski definition) is 1. The SMILES string of the molecule is CCCN1CCN(CCC(C)(NC2CC2)C(=O)OC)CC1. The smallest absolute Gasteiger partial charge is 0.325 e. The van der Waals surface area contributed by atoms with E-state index >= 15 is 0 Å². The van der Waals surface area contributed by atoms with Crippen molar-refractivity contribution in [3.05, 3.63) is 0 Å². The maximum atomic E-state index is 12.1. The summed E-state index contributed by atoms with van der Waals surface area (Å²) >= 11 is 0. The standard InChI is InChI=1S/C16H31N3O2/c1-4-8-18-10-12-19(13-11-18)9-7-16(2,15(20)21-3)17-14-5-6-14/h14,17H,4-13H2,1-3H3. The minimum atomic E-state index is -0.531. The Labute approximate surface area is 129 Å². The van der Waals surface area contributed by atoms with Gasteiger partial charge in [0.25, 0.3) is 0 Å². The summed E-state index contributed by atoms with van der Waals surface area (Å²) in [6.45, 7) is 10.9. The molecular weight excluding hydrogens is 266 g/mol. The van der Waals surface area contributed by atoms with Gasteiger partial charge in [-0.15, -0.1) is 0 Å². The molecule has 0 spiro atoms. The van der Waals surface area contributed by atoms with Gasteiger partial charge in [-0.25, -0.2) is 0 Å². The third-order valence-electron chi connectivity index (χ3n) is 4.67. The highest BCUT2D eigenvalue weighted by Gasteiger charge is 2.39. The Morgan fingerprint density at radius 1 is 1.19 bits per heavy atom. The van der Waals surface area contributed by atoms with Gasteiger partial charge in [-0.3, -0.25) is 10.1 Å². The number of rotatable bonds is 8. The molecule has 1 unspecified atom stereocenters. The lowest BCUT2D eigenvalue weighted by Gasteiger charge is -2.36. The Morgan fingerprint density at radius 2 is 1.76 bits per heavy atom. The van der Waals surface area contributed by atoms with E-state index in [9.17, 15) is 4.79 Å². The van der Waals surface area contributed by atoms with Gasteiger partial charge in [0.2, 0.25) is 0 Å². The third kappa shape index (κ3) is 4.94. The second-order valence-electron chi connectivity index (χ2n) is 6.68. The van der Waals surface area contributed by atoms with Crippen LogP contribution < -0.4 is 5.32 Å². The Morgan fingerprint density at radius 3 is 2.24 bits per heavy atom. The van der Waals surface area contributed by atoms with E-state index in [2.05, 4.69) is 22.0 Å². The molecule has 2 rings (SSSR count). The summed E-state index contributed by atoms with van der Waals surface area (Å²) < 4.78 is 5.00. The number of nitrogens with one attached hydrogen (secondary N) is 1. The van der Waals surface area contributed by atoms with E-state index in [1.165, 1.54) is 32.9 Å². The normalized spacial score (nSPS) is 23.8. The van der Waals surface area contributed by atoms with E-state index in [1.54, 1.807) is 0 Å². The van der Waals surface area contributed by atoms with Crippen molar-refractivity contribution in [1.29, 1.82) is 0 Å². The van der Waals surface area contributed by atoms with Gasteiger partial charge in [0, 0.05) is 38.8 Å². The Hall–Kier alpha value is -0.650.